The second kappa shape index (κ2) is 4.49. The highest BCUT2D eigenvalue weighted by molar-refractivity contribution is 8.00. The van der Waals surface area contributed by atoms with Gasteiger partial charge in [0.2, 0.25) is 0 Å². The Morgan fingerprint density at radius 3 is 2.73 bits per heavy atom. The molecule has 0 bridgehead atoms. The molecular weight excluding hydrogens is 206 g/mol. The third-order valence-electron chi connectivity index (χ3n) is 3.06. The molecule has 2 atom stereocenters. The molecule has 1 aliphatic rings. The van der Waals surface area contributed by atoms with E-state index in [1.54, 1.807) is 6.33 Å². The average Bonchev–Trinajstić information content (AvgIpc) is 2.68. The molecule has 1 aliphatic heterocycles. The minimum atomic E-state index is 0.291. The van der Waals surface area contributed by atoms with Crippen molar-refractivity contribution in [2.24, 2.45) is 0 Å². The lowest BCUT2D eigenvalue weighted by Crippen LogP contribution is -2.35. The molecule has 1 aromatic rings. The summed E-state index contributed by atoms with van der Waals surface area (Å²) < 4.78 is 0.291. The number of aromatic nitrogens is 2. The van der Waals surface area contributed by atoms with Crippen molar-refractivity contribution in [1.29, 1.82) is 0 Å². The van der Waals surface area contributed by atoms with Crippen molar-refractivity contribution < 1.29 is 0 Å². The molecule has 1 fully saturated rings. The predicted molar refractivity (Wildman–Crippen MR) is 63.9 cm³/mol. The van der Waals surface area contributed by atoms with E-state index in [2.05, 4.69) is 34.0 Å². The Morgan fingerprint density at radius 2 is 2.20 bits per heavy atom. The van der Waals surface area contributed by atoms with Gasteiger partial charge in [-0.3, -0.25) is 0 Å². The van der Waals surface area contributed by atoms with Gasteiger partial charge in [-0.1, -0.05) is 0 Å². The Bertz CT molecular complexity index is 309. The van der Waals surface area contributed by atoms with Crippen molar-refractivity contribution in [3.8, 4) is 0 Å². The van der Waals surface area contributed by atoms with Crippen molar-refractivity contribution in [3.63, 3.8) is 0 Å². The average molecular weight is 223 g/mol. The van der Waals surface area contributed by atoms with E-state index < -0.39 is 0 Å². The fraction of sp³-hybridized carbons (Fsp3) is 0.636. The second-order valence-electron chi connectivity index (χ2n) is 4.16. The molecule has 0 aliphatic carbocycles. The first kappa shape index (κ1) is 10.9. The zero-order valence-electron chi connectivity index (χ0n) is 9.23. The zero-order valence-corrected chi connectivity index (χ0v) is 10.0. The molecule has 2 heterocycles. The molecule has 2 rings (SSSR count). The van der Waals surface area contributed by atoms with E-state index in [1.165, 1.54) is 24.2 Å². The molecular formula is C11H17N3S. The molecule has 0 spiro atoms. The molecule has 0 saturated carbocycles. The van der Waals surface area contributed by atoms with Crippen molar-refractivity contribution >= 4 is 11.8 Å². The fourth-order valence-electron chi connectivity index (χ4n) is 2.31. The van der Waals surface area contributed by atoms with Gasteiger partial charge < -0.3 is 5.32 Å². The van der Waals surface area contributed by atoms with Gasteiger partial charge in [0, 0.05) is 28.7 Å². The molecule has 1 N–H and O–H groups in total. The standard InChI is InChI=1S/C11H17N3S/c1-11(4-3-5-15-11)10(12-2)9-6-13-8-14-7-9/h6-8,10,12H,3-5H2,1-2H3. The number of nitrogens with zero attached hydrogens (tertiary/aromatic N) is 2. The first-order valence-electron chi connectivity index (χ1n) is 5.32. The summed E-state index contributed by atoms with van der Waals surface area (Å²) in [5.41, 5.74) is 1.19. The van der Waals surface area contributed by atoms with E-state index in [0.717, 1.165) is 0 Å². The van der Waals surface area contributed by atoms with E-state index in [-0.39, 0.29) is 0 Å². The number of thioether (sulfide) groups is 1. The monoisotopic (exact) mass is 223 g/mol. The molecule has 82 valence electrons. The summed E-state index contributed by atoms with van der Waals surface area (Å²) in [7, 11) is 2.02. The van der Waals surface area contributed by atoms with Gasteiger partial charge in [0.05, 0.1) is 0 Å². The summed E-state index contributed by atoms with van der Waals surface area (Å²) in [6.07, 6.45) is 7.99. The smallest absolute Gasteiger partial charge is 0.115 e. The maximum Gasteiger partial charge on any atom is 0.115 e. The van der Waals surface area contributed by atoms with Crippen LogP contribution in [0.2, 0.25) is 0 Å². The summed E-state index contributed by atoms with van der Waals surface area (Å²) >= 11 is 2.05. The van der Waals surface area contributed by atoms with Crippen LogP contribution >= 0.6 is 11.8 Å². The molecule has 4 heteroatoms. The molecule has 0 amide bonds. The lowest BCUT2D eigenvalue weighted by molar-refractivity contribution is 0.438. The lowest BCUT2D eigenvalue weighted by Gasteiger charge is -2.32. The van der Waals surface area contributed by atoms with Crippen molar-refractivity contribution in [2.75, 3.05) is 12.8 Å². The number of nitrogens with one attached hydrogen (secondary N) is 1. The van der Waals surface area contributed by atoms with Gasteiger partial charge in [0.15, 0.2) is 0 Å². The van der Waals surface area contributed by atoms with Crippen LogP contribution in [-0.2, 0) is 0 Å². The Hall–Kier alpha value is -0.610. The van der Waals surface area contributed by atoms with Gasteiger partial charge in [-0.2, -0.15) is 11.8 Å². The summed E-state index contributed by atoms with van der Waals surface area (Å²) in [5.74, 6) is 1.27. The quantitative estimate of drug-likeness (QED) is 0.851. The Balaban J connectivity index is 2.24. The SMILES string of the molecule is CNC(c1cncnc1)C1(C)CCCS1. The summed E-state index contributed by atoms with van der Waals surface area (Å²) in [6, 6.07) is 0.353. The zero-order chi connectivity index (χ0) is 10.7. The fourth-order valence-corrected chi connectivity index (χ4v) is 3.78. The van der Waals surface area contributed by atoms with Gasteiger partial charge in [-0.25, -0.2) is 9.97 Å². The van der Waals surface area contributed by atoms with Crippen LogP contribution in [-0.4, -0.2) is 27.5 Å². The Labute approximate surface area is 95.1 Å². The third-order valence-corrected chi connectivity index (χ3v) is 4.65. The minimum Gasteiger partial charge on any atom is -0.312 e. The van der Waals surface area contributed by atoms with E-state index in [0.29, 0.717) is 10.8 Å². The van der Waals surface area contributed by atoms with E-state index in [9.17, 15) is 0 Å². The highest BCUT2D eigenvalue weighted by atomic mass is 32.2. The van der Waals surface area contributed by atoms with Gasteiger partial charge in [-0.05, 0) is 32.6 Å². The first-order valence-corrected chi connectivity index (χ1v) is 6.31. The molecule has 2 unspecified atom stereocenters. The molecule has 15 heavy (non-hydrogen) atoms. The maximum atomic E-state index is 4.10. The lowest BCUT2D eigenvalue weighted by atomic mass is 9.92. The van der Waals surface area contributed by atoms with Gasteiger partial charge >= 0.3 is 0 Å². The van der Waals surface area contributed by atoms with Crippen LogP contribution in [0.15, 0.2) is 18.7 Å². The Kier molecular flexibility index (Phi) is 3.26. The summed E-state index contributed by atoms with van der Waals surface area (Å²) in [4.78, 5) is 8.19. The van der Waals surface area contributed by atoms with Gasteiger partial charge in [0.25, 0.3) is 0 Å². The Morgan fingerprint density at radius 1 is 1.47 bits per heavy atom. The van der Waals surface area contributed by atoms with Crippen LogP contribution in [0.3, 0.4) is 0 Å². The van der Waals surface area contributed by atoms with Crippen LogP contribution in [0.5, 0.6) is 0 Å². The molecule has 0 aromatic carbocycles. The number of hydrogen-bond acceptors (Lipinski definition) is 4. The van der Waals surface area contributed by atoms with E-state index in [4.69, 9.17) is 0 Å². The second-order valence-corrected chi connectivity index (χ2v) is 5.79. The first-order chi connectivity index (χ1) is 7.26. The van der Waals surface area contributed by atoms with Gasteiger partial charge in [0.1, 0.15) is 6.33 Å². The molecule has 0 radical (unpaired) electrons. The van der Waals surface area contributed by atoms with Gasteiger partial charge in [-0.15, -0.1) is 0 Å². The topological polar surface area (TPSA) is 37.8 Å². The maximum absolute atomic E-state index is 4.10. The normalized spacial score (nSPS) is 27.9. The highest BCUT2D eigenvalue weighted by Crippen LogP contribution is 2.46. The van der Waals surface area contributed by atoms with Crippen LogP contribution < -0.4 is 5.32 Å². The van der Waals surface area contributed by atoms with Crippen molar-refractivity contribution in [2.45, 2.75) is 30.6 Å². The summed E-state index contributed by atoms with van der Waals surface area (Å²) in [5, 5.41) is 3.40. The van der Waals surface area contributed by atoms with Crippen LogP contribution in [0.1, 0.15) is 31.4 Å². The molecule has 1 aromatic heterocycles. The van der Waals surface area contributed by atoms with Crippen LogP contribution in [0, 0.1) is 0 Å². The number of hydrogen-bond donors (Lipinski definition) is 1. The molecule has 1 saturated heterocycles. The van der Waals surface area contributed by atoms with E-state index >= 15 is 0 Å². The van der Waals surface area contributed by atoms with E-state index in [1.807, 2.05) is 19.4 Å². The number of rotatable bonds is 3. The third kappa shape index (κ3) is 2.16. The largest absolute Gasteiger partial charge is 0.312 e. The minimum absolute atomic E-state index is 0.291. The van der Waals surface area contributed by atoms with Crippen molar-refractivity contribution in [3.05, 3.63) is 24.3 Å². The molecule has 3 nitrogen and oxygen atoms in total. The summed E-state index contributed by atoms with van der Waals surface area (Å²) in [6.45, 7) is 2.33. The van der Waals surface area contributed by atoms with Crippen LogP contribution in [0.4, 0.5) is 0 Å². The highest BCUT2D eigenvalue weighted by Gasteiger charge is 2.38. The predicted octanol–water partition coefficient (Wildman–Crippen LogP) is 2.02. The van der Waals surface area contributed by atoms with Crippen molar-refractivity contribution in [1.82, 2.24) is 15.3 Å². The van der Waals surface area contributed by atoms with Crippen LogP contribution in [0.25, 0.3) is 0 Å².